The maximum atomic E-state index is 11.7. The van der Waals surface area contributed by atoms with E-state index in [0.717, 1.165) is 0 Å². The maximum absolute atomic E-state index is 11.7. The van der Waals surface area contributed by atoms with Crippen LogP contribution in [0.25, 0.3) is 0 Å². The van der Waals surface area contributed by atoms with Crippen molar-refractivity contribution in [2.75, 3.05) is 6.61 Å². The van der Waals surface area contributed by atoms with Crippen molar-refractivity contribution in [3.63, 3.8) is 0 Å². The number of rotatable bonds is 3. The average Bonchev–Trinajstić information content (AvgIpc) is 2.37. The Morgan fingerprint density at radius 1 is 1.11 bits per heavy atom. The summed E-state index contributed by atoms with van der Waals surface area (Å²) in [7, 11) is 0. The minimum absolute atomic E-state index is 0.570. The third-order valence-corrected chi connectivity index (χ3v) is 2.91. The van der Waals surface area contributed by atoms with Gasteiger partial charge < -0.3 is 14.2 Å². The van der Waals surface area contributed by atoms with Crippen molar-refractivity contribution in [2.24, 2.45) is 5.41 Å². The first-order valence-electron chi connectivity index (χ1n) is 6.10. The molecule has 1 aliphatic heterocycles. The van der Waals surface area contributed by atoms with Crippen molar-refractivity contribution in [1.82, 2.24) is 0 Å². The Bertz CT molecular complexity index is 469. The molecule has 0 spiro atoms. The van der Waals surface area contributed by atoms with E-state index in [1.807, 2.05) is 6.92 Å². The number of benzene rings is 1. The standard InChI is InChI=1S/C14H16O5/c1-4-17-10-7-5-9(6-8-10)11-18-12(15)14(2,3)13(16)19-11/h5-8,11H,4H2,1-3H3. The molecule has 0 unspecified atom stereocenters. The summed E-state index contributed by atoms with van der Waals surface area (Å²) in [5.41, 5.74) is -0.650. The molecular weight excluding hydrogens is 248 g/mol. The van der Waals surface area contributed by atoms with Gasteiger partial charge in [0, 0.05) is 5.56 Å². The van der Waals surface area contributed by atoms with Crippen molar-refractivity contribution in [1.29, 1.82) is 0 Å². The molecule has 19 heavy (non-hydrogen) atoms. The molecule has 2 rings (SSSR count). The van der Waals surface area contributed by atoms with Crippen molar-refractivity contribution in [3.8, 4) is 5.75 Å². The number of carbonyl (C=O) groups excluding carboxylic acids is 2. The second-order valence-corrected chi connectivity index (χ2v) is 4.77. The van der Waals surface area contributed by atoms with Crippen LogP contribution in [-0.2, 0) is 19.1 Å². The molecule has 1 heterocycles. The van der Waals surface area contributed by atoms with Gasteiger partial charge in [0.15, 0.2) is 5.41 Å². The Kier molecular flexibility index (Phi) is 3.46. The zero-order valence-electron chi connectivity index (χ0n) is 11.1. The summed E-state index contributed by atoms with van der Waals surface area (Å²) in [4.78, 5) is 23.5. The molecule has 1 aromatic rings. The van der Waals surface area contributed by atoms with Crippen LogP contribution >= 0.6 is 0 Å². The molecule has 0 aliphatic carbocycles. The molecular formula is C14H16O5. The SMILES string of the molecule is CCOc1ccc(C2OC(=O)C(C)(C)C(=O)O2)cc1. The van der Waals surface area contributed by atoms with E-state index >= 15 is 0 Å². The fourth-order valence-electron chi connectivity index (χ4n) is 1.62. The fourth-order valence-corrected chi connectivity index (χ4v) is 1.62. The van der Waals surface area contributed by atoms with Gasteiger partial charge in [0.2, 0.25) is 0 Å². The van der Waals surface area contributed by atoms with E-state index in [-0.39, 0.29) is 0 Å². The predicted octanol–water partition coefficient (Wildman–Crippen LogP) is 2.21. The number of cyclic esters (lactones) is 2. The van der Waals surface area contributed by atoms with E-state index < -0.39 is 23.6 Å². The number of esters is 2. The highest BCUT2D eigenvalue weighted by atomic mass is 16.7. The Labute approximate surface area is 111 Å². The Morgan fingerprint density at radius 3 is 2.11 bits per heavy atom. The summed E-state index contributed by atoms with van der Waals surface area (Å²) >= 11 is 0. The molecule has 5 heteroatoms. The van der Waals surface area contributed by atoms with E-state index in [0.29, 0.717) is 17.9 Å². The average molecular weight is 264 g/mol. The van der Waals surface area contributed by atoms with Crippen LogP contribution in [0.5, 0.6) is 5.75 Å². The molecule has 1 aliphatic rings. The highest BCUT2D eigenvalue weighted by molar-refractivity contribution is 6.00. The fraction of sp³-hybridized carbons (Fsp3) is 0.429. The highest BCUT2D eigenvalue weighted by Gasteiger charge is 2.46. The van der Waals surface area contributed by atoms with Crippen LogP contribution in [0.3, 0.4) is 0 Å². The van der Waals surface area contributed by atoms with Gasteiger partial charge in [0.05, 0.1) is 6.61 Å². The van der Waals surface area contributed by atoms with Crippen LogP contribution in [0, 0.1) is 5.41 Å². The van der Waals surface area contributed by atoms with Crippen LogP contribution < -0.4 is 4.74 Å². The van der Waals surface area contributed by atoms with Crippen molar-refractivity contribution in [2.45, 2.75) is 27.1 Å². The zero-order valence-corrected chi connectivity index (χ0v) is 11.1. The van der Waals surface area contributed by atoms with Gasteiger partial charge in [-0.1, -0.05) is 0 Å². The predicted molar refractivity (Wildman–Crippen MR) is 66.3 cm³/mol. The van der Waals surface area contributed by atoms with Gasteiger partial charge in [-0.3, -0.25) is 9.59 Å². The topological polar surface area (TPSA) is 61.8 Å². The lowest BCUT2D eigenvalue weighted by molar-refractivity contribution is -0.222. The molecule has 5 nitrogen and oxygen atoms in total. The summed E-state index contributed by atoms with van der Waals surface area (Å²) < 4.78 is 15.6. The quantitative estimate of drug-likeness (QED) is 0.618. The molecule has 1 aromatic carbocycles. The van der Waals surface area contributed by atoms with Gasteiger partial charge in [-0.25, -0.2) is 0 Å². The van der Waals surface area contributed by atoms with Crippen LogP contribution in [-0.4, -0.2) is 18.5 Å². The number of ether oxygens (including phenoxy) is 3. The molecule has 0 aromatic heterocycles. The van der Waals surface area contributed by atoms with Crippen LogP contribution in [0.2, 0.25) is 0 Å². The third-order valence-electron chi connectivity index (χ3n) is 2.91. The second kappa shape index (κ2) is 4.91. The number of carbonyl (C=O) groups is 2. The summed E-state index contributed by atoms with van der Waals surface area (Å²) in [6.07, 6.45) is -0.983. The smallest absolute Gasteiger partial charge is 0.326 e. The van der Waals surface area contributed by atoms with Crippen molar-refractivity contribution in [3.05, 3.63) is 29.8 Å². The van der Waals surface area contributed by atoms with Crippen molar-refractivity contribution >= 4 is 11.9 Å². The molecule has 0 N–H and O–H groups in total. The lowest BCUT2D eigenvalue weighted by Gasteiger charge is -2.31. The summed E-state index contributed by atoms with van der Waals surface area (Å²) in [5, 5.41) is 0. The van der Waals surface area contributed by atoms with E-state index in [1.54, 1.807) is 24.3 Å². The third kappa shape index (κ3) is 2.54. The van der Waals surface area contributed by atoms with Crippen molar-refractivity contribution < 1.29 is 23.8 Å². The normalized spacial score (nSPS) is 18.7. The van der Waals surface area contributed by atoms with E-state index in [9.17, 15) is 9.59 Å². The summed E-state index contributed by atoms with van der Waals surface area (Å²) in [6.45, 7) is 5.42. The van der Waals surface area contributed by atoms with Crippen LogP contribution in [0.1, 0.15) is 32.6 Å². The van der Waals surface area contributed by atoms with E-state index in [4.69, 9.17) is 14.2 Å². The largest absolute Gasteiger partial charge is 0.494 e. The first kappa shape index (κ1) is 13.4. The zero-order chi connectivity index (χ0) is 14.0. The molecule has 1 saturated heterocycles. The lowest BCUT2D eigenvalue weighted by atomic mass is 9.93. The first-order chi connectivity index (χ1) is 8.95. The van der Waals surface area contributed by atoms with Gasteiger partial charge in [-0.15, -0.1) is 0 Å². The molecule has 102 valence electrons. The molecule has 0 atom stereocenters. The molecule has 0 amide bonds. The number of hydrogen-bond donors (Lipinski definition) is 0. The van der Waals surface area contributed by atoms with Crippen LogP contribution in [0.15, 0.2) is 24.3 Å². The molecule has 0 bridgehead atoms. The molecule has 0 saturated carbocycles. The van der Waals surface area contributed by atoms with Crippen LogP contribution in [0.4, 0.5) is 0 Å². The Balaban J connectivity index is 2.15. The minimum atomic E-state index is -1.25. The second-order valence-electron chi connectivity index (χ2n) is 4.77. The minimum Gasteiger partial charge on any atom is -0.494 e. The lowest BCUT2D eigenvalue weighted by Crippen LogP contribution is -2.43. The van der Waals surface area contributed by atoms with E-state index in [2.05, 4.69) is 0 Å². The summed E-state index contributed by atoms with van der Waals surface area (Å²) in [6, 6.07) is 6.88. The maximum Gasteiger partial charge on any atom is 0.326 e. The first-order valence-corrected chi connectivity index (χ1v) is 6.10. The Morgan fingerprint density at radius 2 is 1.63 bits per heavy atom. The monoisotopic (exact) mass is 264 g/mol. The molecule has 1 fully saturated rings. The Hall–Kier alpha value is -2.04. The summed E-state index contributed by atoms with van der Waals surface area (Å²) in [5.74, 6) is -0.453. The highest BCUT2D eigenvalue weighted by Crippen LogP contribution is 2.33. The molecule has 0 radical (unpaired) electrons. The van der Waals surface area contributed by atoms with Gasteiger partial charge in [-0.2, -0.15) is 0 Å². The number of hydrogen-bond acceptors (Lipinski definition) is 5. The van der Waals surface area contributed by atoms with Gasteiger partial charge >= 0.3 is 11.9 Å². The van der Waals surface area contributed by atoms with Gasteiger partial charge in [0.1, 0.15) is 5.75 Å². The van der Waals surface area contributed by atoms with E-state index in [1.165, 1.54) is 13.8 Å². The van der Waals surface area contributed by atoms with Gasteiger partial charge in [-0.05, 0) is 45.0 Å². The van der Waals surface area contributed by atoms with Gasteiger partial charge in [0.25, 0.3) is 6.29 Å².